The van der Waals surface area contributed by atoms with Crippen molar-refractivity contribution >= 4 is 28.8 Å². The largest absolute Gasteiger partial charge is 0.497 e. The van der Waals surface area contributed by atoms with Crippen molar-refractivity contribution in [2.24, 2.45) is 5.10 Å². The summed E-state index contributed by atoms with van der Waals surface area (Å²) < 4.78 is 10.3. The molecule has 2 aromatic rings. The lowest BCUT2D eigenvalue weighted by molar-refractivity contribution is -0.135. The second kappa shape index (κ2) is 7.48. The van der Waals surface area contributed by atoms with Crippen LogP contribution in [0.4, 0.5) is 0 Å². The van der Waals surface area contributed by atoms with Gasteiger partial charge in [0.05, 0.1) is 19.6 Å². The molecule has 6 nitrogen and oxygen atoms in total. The molecular formula is C18H18N2O4S. The molecule has 3 rings (SSSR count). The SMILES string of the molecule is CCOC(=O)C1=NNC(C(=O)c2cccc(OC)c2)C1c1cccs1. The van der Waals surface area contributed by atoms with E-state index in [1.807, 2.05) is 17.5 Å². The normalized spacial score (nSPS) is 19.0. The van der Waals surface area contributed by atoms with E-state index in [4.69, 9.17) is 9.47 Å². The summed E-state index contributed by atoms with van der Waals surface area (Å²) in [5, 5.41) is 6.02. The molecule has 0 amide bonds. The van der Waals surface area contributed by atoms with Crippen LogP contribution in [0.25, 0.3) is 0 Å². The minimum absolute atomic E-state index is 0.152. The van der Waals surface area contributed by atoms with Gasteiger partial charge in [-0.25, -0.2) is 4.79 Å². The Morgan fingerprint density at radius 3 is 2.80 bits per heavy atom. The van der Waals surface area contributed by atoms with Crippen molar-refractivity contribution in [1.82, 2.24) is 5.43 Å². The van der Waals surface area contributed by atoms with E-state index in [2.05, 4.69) is 10.5 Å². The zero-order valence-corrected chi connectivity index (χ0v) is 14.7. The van der Waals surface area contributed by atoms with Gasteiger partial charge in [0.2, 0.25) is 0 Å². The van der Waals surface area contributed by atoms with Gasteiger partial charge in [-0.1, -0.05) is 18.2 Å². The highest BCUT2D eigenvalue weighted by atomic mass is 32.1. The number of methoxy groups -OCH3 is 1. The zero-order chi connectivity index (χ0) is 17.8. The third-order valence-corrected chi connectivity index (χ3v) is 4.88. The number of esters is 1. The highest BCUT2D eigenvalue weighted by Crippen LogP contribution is 2.32. The molecule has 7 heteroatoms. The Morgan fingerprint density at radius 2 is 2.12 bits per heavy atom. The molecule has 1 aromatic carbocycles. The molecule has 0 aliphatic carbocycles. The highest BCUT2D eigenvalue weighted by molar-refractivity contribution is 7.10. The summed E-state index contributed by atoms with van der Waals surface area (Å²) in [6, 6.07) is 10.0. The van der Waals surface area contributed by atoms with E-state index in [9.17, 15) is 9.59 Å². The van der Waals surface area contributed by atoms with Crippen LogP contribution in [0.3, 0.4) is 0 Å². The van der Waals surface area contributed by atoms with Gasteiger partial charge in [0.25, 0.3) is 0 Å². The van der Waals surface area contributed by atoms with E-state index in [0.29, 0.717) is 11.3 Å². The Morgan fingerprint density at radius 1 is 1.28 bits per heavy atom. The molecule has 1 aromatic heterocycles. The van der Waals surface area contributed by atoms with E-state index in [-0.39, 0.29) is 18.1 Å². The van der Waals surface area contributed by atoms with Crippen LogP contribution in [0.15, 0.2) is 46.9 Å². The van der Waals surface area contributed by atoms with Crippen LogP contribution in [0, 0.1) is 0 Å². The molecule has 130 valence electrons. The van der Waals surface area contributed by atoms with Gasteiger partial charge < -0.3 is 9.47 Å². The molecule has 2 atom stereocenters. The number of ketones is 1. The number of rotatable bonds is 6. The first-order valence-corrected chi connectivity index (χ1v) is 8.75. The second-order valence-electron chi connectivity index (χ2n) is 5.41. The third-order valence-electron chi connectivity index (χ3n) is 3.92. The van der Waals surface area contributed by atoms with Crippen molar-refractivity contribution in [3.05, 3.63) is 52.2 Å². The molecule has 0 spiro atoms. The van der Waals surface area contributed by atoms with Crippen LogP contribution in [-0.2, 0) is 9.53 Å². The van der Waals surface area contributed by atoms with E-state index in [0.717, 1.165) is 4.88 Å². The molecule has 25 heavy (non-hydrogen) atoms. The van der Waals surface area contributed by atoms with Gasteiger partial charge in [-0.05, 0) is 30.5 Å². The minimum Gasteiger partial charge on any atom is -0.497 e. The number of hydrogen-bond acceptors (Lipinski definition) is 7. The van der Waals surface area contributed by atoms with Crippen LogP contribution >= 0.6 is 11.3 Å². The standard InChI is InChI=1S/C18H18N2O4S/c1-3-24-18(22)16-14(13-8-5-9-25-13)15(19-20-16)17(21)11-6-4-7-12(10-11)23-2/h4-10,14-15,19H,3H2,1-2H3. The average Bonchev–Trinajstić information content (AvgIpc) is 3.30. The molecule has 2 unspecified atom stereocenters. The maximum Gasteiger partial charge on any atom is 0.355 e. The van der Waals surface area contributed by atoms with Crippen LogP contribution in [-0.4, -0.2) is 37.2 Å². The molecule has 2 heterocycles. The van der Waals surface area contributed by atoms with E-state index < -0.39 is 17.9 Å². The fourth-order valence-corrected chi connectivity index (χ4v) is 3.62. The van der Waals surface area contributed by atoms with Gasteiger partial charge in [-0.2, -0.15) is 5.10 Å². The number of benzene rings is 1. The number of carbonyl (C=O) groups excluding carboxylic acids is 2. The number of Topliss-reactive ketones (excluding diaryl/α,β-unsaturated/α-hetero) is 1. The van der Waals surface area contributed by atoms with Crippen LogP contribution in [0.5, 0.6) is 5.75 Å². The maximum absolute atomic E-state index is 13.0. The molecular weight excluding hydrogens is 340 g/mol. The Bertz CT molecular complexity index is 801. The minimum atomic E-state index is -0.662. The second-order valence-corrected chi connectivity index (χ2v) is 6.39. The monoisotopic (exact) mass is 358 g/mol. The molecule has 0 fully saturated rings. The molecule has 0 radical (unpaired) electrons. The number of hydrogen-bond donors (Lipinski definition) is 1. The van der Waals surface area contributed by atoms with Crippen molar-refractivity contribution in [1.29, 1.82) is 0 Å². The van der Waals surface area contributed by atoms with Crippen molar-refractivity contribution in [2.75, 3.05) is 13.7 Å². The van der Waals surface area contributed by atoms with Gasteiger partial charge in [-0.15, -0.1) is 11.3 Å². The highest BCUT2D eigenvalue weighted by Gasteiger charge is 2.42. The smallest absolute Gasteiger partial charge is 0.355 e. The summed E-state index contributed by atoms with van der Waals surface area (Å²) >= 11 is 1.48. The van der Waals surface area contributed by atoms with E-state index >= 15 is 0 Å². The lowest BCUT2D eigenvalue weighted by Crippen LogP contribution is -2.37. The van der Waals surface area contributed by atoms with Gasteiger partial charge in [0.15, 0.2) is 11.5 Å². The summed E-state index contributed by atoms with van der Waals surface area (Å²) in [6.07, 6.45) is 0. The van der Waals surface area contributed by atoms with Gasteiger partial charge in [0.1, 0.15) is 11.8 Å². The van der Waals surface area contributed by atoms with E-state index in [1.54, 1.807) is 38.3 Å². The average molecular weight is 358 g/mol. The predicted octanol–water partition coefficient (Wildman–Crippen LogP) is 2.61. The Kier molecular flexibility index (Phi) is 5.14. The zero-order valence-electron chi connectivity index (χ0n) is 13.9. The first-order valence-electron chi connectivity index (χ1n) is 7.87. The lowest BCUT2D eigenvalue weighted by atomic mass is 9.89. The van der Waals surface area contributed by atoms with Gasteiger partial charge in [-0.3, -0.25) is 10.2 Å². The summed E-state index contributed by atoms with van der Waals surface area (Å²) in [6.45, 7) is 1.99. The Labute approximate surface area is 149 Å². The number of carbonyl (C=O) groups is 2. The molecule has 1 aliphatic rings. The van der Waals surface area contributed by atoms with Crippen LogP contribution in [0.1, 0.15) is 28.1 Å². The first-order chi connectivity index (χ1) is 12.2. The molecule has 0 saturated heterocycles. The molecule has 1 N–H and O–H groups in total. The lowest BCUT2D eigenvalue weighted by Gasteiger charge is -2.18. The summed E-state index contributed by atoms with van der Waals surface area (Å²) in [5.41, 5.74) is 3.55. The number of nitrogens with one attached hydrogen (secondary N) is 1. The van der Waals surface area contributed by atoms with Crippen LogP contribution < -0.4 is 10.2 Å². The number of hydrazone groups is 1. The number of nitrogens with zero attached hydrogens (tertiary/aromatic N) is 1. The summed E-state index contributed by atoms with van der Waals surface area (Å²) in [7, 11) is 1.55. The van der Waals surface area contributed by atoms with E-state index in [1.165, 1.54) is 11.3 Å². The molecule has 0 saturated carbocycles. The Balaban J connectivity index is 1.92. The molecule has 1 aliphatic heterocycles. The number of ether oxygens (including phenoxy) is 2. The fourth-order valence-electron chi connectivity index (χ4n) is 2.75. The summed E-state index contributed by atoms with van der Waals surface area (Å²) in [4.78, 5) is 26.1. The van der Waals surface area contributed by atoms with Crippen molar-refractivity contribution in [2.45, 2.75) is 18.9 Å². The van der Waals surface area contributed by atoms with Crippen molar-refractivity contribution < 1.29 is 19.1 Å². The Hall–Kier alpha value is -2.67. The topological polar surface area (TPSA) is 77.0 Å². The third kappa shape index (κ3) is 3.41. The van der Waals surface area contributed by atoms with Crippen LogP contribution in [0.2, 0.25) is 0 Å². The number of thiophene rings is 1. The maximum atomic E-state index is 13.0. The molecule has 0 bridgehead atoms. The van der Waals surface area contributed by atoms with Gasteiger partial charge >= 0.3 is 5.97 Å². The van der Waals surface area contributed by atoms with Gasteiger partial charge in [0, 0.05) is 10.4 Å². The quantitative estimate of drug-likeness (QED) is 0.634. The van der Waals surface area contributed by atoms with Crippen molar-refractivity contribution in [3.8, 4) is 5.75 Å². The fraction of sp³-hybridized carbons (Fsp3) is 0.278. The summed E-state index contributed by atoms with van der Waals surface area (Å²) in [5.74, 6) is -0.532. The van der Waals surface area contributed by atoms with Crippen molar-refractivity contribution in [3.63, 3.8) is 0 Å². The first kappa shape index (κ1) is 17.2. The predicted molar refractivity (Wildman–Crippen MR) is 95.4 cm³/mol.